The van der Waals surface area contributed by atoms with Crippen molar-refractivity contribution >= 4 is 5.95 Å². The van der Waals surface area contributed by atoms with Crippen LogP contribution in [0.25, 0.3) is 5.69 Å². The fourth-order valence-corrected chi connectivity index (χ4v) is 3.54. The van der Waals surface area contributed by atoms with Gasteiger partial charge in [-0.1, -0.05) is 0 Å². The van der Waals surface area contributed by atoms with Crippen molar-refractivity contribution in [1.29, 1.82) is 0 Å². The van der Waals surface area contributed by atoms with Crippen LogP contribution >= 0.6 is 0 Å². The molecule has 0 saturated carbocycles. The van der Waals surface area contributed by atoms with Crippen molar-refractivity contribution in [3.63, 3.8) is 0 Å². The molecule has 1 aliphatic rings. The minimum absolute atomic E-state index is 0.0985. The number of benzene rings is 1. The van der Waals surface area contributed by atoms with E-state index in [1.54, 1.807) is 26.5 Å². The Morgan fingerprint density at radius 1 is 1.03 bits per heavy atom. The van der Waals surface area contributed by atoms with Crippen molar-refractivity contribution in [3.8, 4) is 17.3 Å². The molecule has 4 rings (SSSR count). The van der Waals surface area contributed by atoms with E-state index in [9.17, 15) is 8.78 Å². The first kappa shape index (κ1) is 21.0. The van der Waals surface area contributed by atoms with Crippen LogP contribution in [0.15, 0.2) is 36.5 Å². The Labute approximate surface area is 178 Å². The summed E-state index contributed by atoms with van der Waals surface area (Å²) in [6.07, 6.45) is 3.00. The number of anilines is 1. The minimum atomic E-state index is -0.915. The summed E-state index contributed by atoms with van der Waals surface area (Å²) in [6, 6.07) is 7.25. The zero-order valence-corrected chi connectivity index (χ0v) is 17.3. The van der Waals surface area contributed by atoms with Gasteiger partial charge in [0.1, 0.15) is 18.5 Å². The first-order valence-corrected chi connectivity index (χ1v) is 9.89. The van der Waals surface area contributed by atoms with E-state index in [4.69, 9.17) is 14.2 Å². The molecule has 0 radical (unpaired) electrons. The molecule has 31 heavy (non-hydrogen) atoms. The maximum Gasteiger partial charge on any atom is 0.232 e. The van der Waals surface area contributed by atoms with E-state index in [0.717, 1.165) is 17.8 Å². The summed E-state index contributed by atoms with van der Waals surface area (Å²) < 4.78 is 44.7. The lowest BCUT2D eigenvalue weighted by Gasteiger charge is -2.32. The van der Waals surface area contributed by atoms with Gasteiger partial charge in [-0.3, -0.25) is 4.57 Å². The fraction of sp³-hybridized carbons (Fsp3) is 0.381. The second kappa shape index (κ2) is 9.25. The quantitative estimate of drug-likeness (QED) is 0.569. The highest BCUT2D eigenvalue weighted by Crippen LogP contribution is 2.26. The van der Waals surface area contributed by atoms with E-state index in [1.807, 2.05) is 10.6 Å². The smallest absolute Gasteiger partial charge is 0.232 e. The summed E-state index contributed by atoms with van der Waals surface area (Å²) in [5, 5.41) is 8.66. The molecule has 0 amide bonds. The molecular weight excluding hydrogens is 408 g/mol. The zero-order valence-electron chi connectivity index (χ0n) is 17.3. The van der Waals surface area contributed by atoms with Crippen LogP contribution in [-0.2, 0) is 11.3 Å². The molecule has 0 aliphatic carbocycles. The number of nitrogens with zero attached hydrogens (tertiary/aromatic N) is 5. The Bertz CT molecular complexity index is 1020. The van der Waals surface area contributed by atoms with Gasteiger partial charge in [0.05, 0.1) is 19.0 Å². The third kappa shape index (κ3) is 4.58. The average Bonchev–Trinajstić information content (AvgIpc) is 3.21. The predicted octanol–water partition coefficient (Wildman–Crippen LogP) is 3.14. The Morgan fingerprint density at radius 2 is 1.84 bits per heavy atom. The second-order valence-electron chi connectivity index (χ2n) is 7.12. The van der Waals surface area contributed by atoms with E-state index in [0.29, 0.717) is 55.9 Å². The molecule has 0 atom stereocenters. The number of pyridine rings is 1. The molecule has 1 fully saturated rings. The van der Waals surface area contributed by atoms with Crippen molar-refractivity contribution in [2.75, 3.05) is 32.2 Å². The van der Waals surface area contributed by atoms with Crippen molar-refractivity contribution in [2.24, 2.45) is 0 Å². The molecule has 0 bridgehead atoms. The first-order chi connectivity index (χ1) is 15.1. The number of halogens is 2. The lowest BCUT2D eigenvalue weighted by atomic mass is 10.1. The minimum Gasteiger partial charge on any atom is -0.490 e. The standard InChI is InChI=1S/C21H23F2N5O3/c1-29-13-19-25-26-21(28(19)14-3-6-20(30-2)24-12-14)27-9-7-15(8-10-27)31-16-4-5-17(22)18(23)11-16/h3-6,11-12,15H,7-10,13H2,1-2H3. The molecule has 0 N–H and O–H groups in total. The van der Waals surface area contributed by atoms with E-state index >= 15 is 0 Å². The van der Waals surface area contributed by atoms with Crippen molar-refractivity contribution < 1.29 is 23.0 Å². The highest BCUT2D eigenvalue weighted by molar-refractivity contribution is 5.44. The molecule has 2 aromatic heterocycles. The van der Waals surface area contributed by atoms with Crippen LogP contribution in [0.3, 0.4) is 0 Å². The van der Waals surface area contributed by atoms with E-state index in [-0.39, 0.29) is 6.10 Å². The van der Waals surface area contributed by atoms with Gasteiger partial charge in [0.15, 0.2) is 17.5 Å². The SMILES string of the molecule is COCc1nnc(N2CCC(Oc3ccc(F)c(F)c3)CC2)n1-c1ccc(OC)nc1. The first-order valence-electron chi connectivity index (χ1n) is 9.89. The largest absolute Gasteiger partial charge is 0.490 e. The van der Waals surface area contributed by atoms with Crippen LogP contribution in [0, 0.1) is 11.6 Å². The second-order valence-corrected chi connectivity index (χ2v) is 7.12. The van der Waals surface area contributed by atoms with Gasteiger partial charge in [-0.05, 0) is 18.2 Å². The van der Waals surface area contributed by atoms with Crippen LogP contribution in [-0.4, -0.2) is 53.2 Å². The van der Waals surface area contributed by atoms with Crippen LogP contribution in [0.1, 0.15) is 18.7 Å². The Morgan fingerprint density at radius 3 is 2.48 bits per heavy atom. The molecular formula is C21H23F2N5O3. The van der Waals surface area contributed by atoms with Gasteiger partial charge in [-0.2, -0.15) is 0 Å². The Balaban J connectivity index is 1.49. The van der Waals surface area contributed by atoms with Gasteiger partial charge >= 0.3 is 0 Å². The van der Waals surface area contributed by atoms with Gasteiger partial charge < -0.3 is 19.1 Å². The molecule has 10 heteroatoms. The van der Waals surface area contributed by atoms with E-state index < -0.39 is 11.6 Å². The van der Waals surface area contributed by atoms with Crippen LogP contribution < -0.4 is 14.4 Å². The highest BCUT2D eigenvalue weighted by Gasteiger charge is 2.26. The van der Waals surface area contributed by atoms with Gasteiger partial charge in [-0.15, -0.1) is 10.2 Å². The maximum atomic E-state index is 13.4. The highest BCUT2D eigenvalue weighted by atomic mass is 19.2. The molecule has 1 saturated heterocycles. The predicted molar refractivity (Wildman–Crippen MR) is 109 cm³/mol. The molecule has 8 nitrogen and oxygen atoms in total. The molecule has 164 valence electrons. The number of ether oxygens (including phenoxy) is 3. The fourth-order valence-electron chi connectivity index (χ4n) is 3.54. The molecule has 1 aromatic carbocycles. The van der Waals surface area contributed by atoms with Gasteiger partial charge in [0, 0.05) is 45.2 Å². The average molecular weight is 431 g/mol. The number of hydrogen-bond donors (Lipinski definition) is 0. The van der Waals surface area contributed by atoms with E-state index in [2.05, 4.69) is 20.1 Å². The summed E-state index contributed by atoms with van der Waals surface area (Å²) in [4.78, 5) is 6.39. The summed E-state index contributed by atoms with van der Waals surface area (Å²) >= 11 is 0. The number of aromatic nitrogens is 4. The van der Waals surface area contributed by atoms with Crippen LogP contribution in [0.2, 0.25) is 0 Å². The molecule has 1 aliphatic heterocycles. The Hall–Kier alpha value is -3.27. The Kier molecular flexibility index (Phi) is 6.26. The third-order valence-electron chi connectivity index (χ3n) is 5.09. The summed E-state index contributed by atoms with van der Waals surface area (Å²) in [6.45, 7) is 1.64. The number of rotatable bonds is 7. The molecule has 0 unspecified atom stereocenters. The topological polar surface area (TPSA) is 74.5 Å². The zero-order chi connectivity index (χ0) is 21.8. The third-order valence-corrected chi connectivity index (χ3v) is 5.09. The molecule has 3 aromatic rings. The lowest BCUT2D eigenvalue weighted by Crippen LogP contribution is -2.39. The number of piperidine rings is 1. The van der Waals surface area contributed by atoms with E-state index in [1.165, 1.54) is 6.07 Å². The van der Waals surface area contributed by atoms with Crippen LogP contribution in [0.4, 0.5) is 14.7 Å². The molecule has 3 heterocycles. The summed E-state index contributed by atoms with van der Waals surface area (Å²) in [5.41, 5.74) is 0.799. The maximum absolute atomic E-state index is 13.4. The number of hydrogen-bond acceptors (Lipinski definition) is 7. The van der Waals surface area contributed by atoms with Crippen LogP contribution in [0.5, 0.6) is 11.6 Å². The summed E-state index contributed by atoms with van der Waals surface area (Å²) in [5.74, 6) is 0.382. The van der Waals surface area contributed by atoms with Crippen molar-refractivity contribution in [2.45, 2.75) is 25.6 Å². The monoisotopic (exact) mass is 431 g/mol. The number of methoxy groups -OCH3 is 2. The van der Waals surface area contributed by atoms with Gasteiger partial charge in [0.25, 0.3) is 0 Å². The van der Waals surface area contributed by atoms with Crippen molar-refractivity contribution in [3.05, 3.63) is 54.0 Å². The van der Waals surface area contributed by atoms with Gasteiger partial charge in [-0.25, -0.2) is 13.8 Å². The lowest BCUT2D eigenvalue weighted by molar-refractivity contribution is 0.169. The molecule has 0 spiro atoms. The summed E-state index contributed by atoms with van der Waals surface area (Å²) in [7, 11) is 3.17. The van der Waals surface area contributed by atoms with Gasteiger partial charge in [0.2, 0.25) is 11.8 Å². The normalized spacial score (nSPS) is 14.6. The van der Waals surface area contributed by atoms with Crippen molar-refractivity contribution in [1.82, 2.24) is 19.7 Å².